The van der Waals surface area contributed by atoms with Crippen LogP contribution in [0.4, 0.5) is 0 Å². The van der Waals surface area contributed by atoms with Crippen LogP contribution in [0, 0.1) is 0 Å². The van der Waals surface area contributed by atoms with Gasteiger partial charge in [-0.05, 0) is 164 Å². The van der Waals surface area contributed by atoms with E-state index in [2.05, 4.69) is 206 Å². The third-order valence-corrected chi connectivity index (χ3v) is 16.5. The number of fused-ring (bicyclic) bond motifs is 6. The van der Waals surface area contributed by atoms with Crippen LogP contribution in [0.5, 0.6) is 0 Å². The van der Waals surface area contributed by atoms with E-state index in [-0.39, 0.29) is 0 Å². The van der Waals surface area contributed by atoms with Crippen LogP contribution in [0.1, 0.15) is 0 Å². The summed E-state index contributed by atoms with van der Waals surface area (Å²) in [5, 5.41) is 21.1. The molecular formula is C62H34S2. The Morgan fingerprint density at radius 1 is 0.203 bits per heavy atom. The predicted molar refractivity (Wildman–Crippen MR) is 281 cm³/mol. The molecule has 0 atom stereocenters. The molecular weight excluding hydrogens is 809 g/mol. The van der Waals surface area contributed by atoms with Gasteiger partial charge < -0.3 is 0 Å². The van der Waals surface area contributed by atoms with Gasteiger partial charge in [-0.3, -0.25) is 0 Å². The van der Waals surface area contributed by atoms with Crippen LogP contribution in [-0.4, -0.2) is 0 Å². The number of rotatable bonds is 4. The van der Waals surface area contributed by atoms with Crippen molar-refractivity contribution >= 4 is 128 Å². The van der Waals surface area contributed by atoms with Crippen molar-refractivity contribution in [3.63, 3.8) is 0 Å². The molecule has 0 radical (unpaired) electrons. The minimum Gasteiger partial charge on any atom is -0.135 e. The Labute approximate surface area is 376 Å². The Kier molecular flexibility index (Phi) is 7.07. The van der Waals surface area contributed by atoms with Gasteiger partial charge in [0.05, 0.1) is 0 Å². The first-order chi connectivity index (χ1) is 31.7. The topological polar surface area (TPSA) is 0 Å². The Morgan fingerprint density at radius 3 is 0.938 bits per heavy atom. The van der Waals surface area contributed by atoms with E-state index in [0.29, 0.717) is 0 Å². The normalized spacial score (nSPS) is 12.4. The van der Waals surface area contributed by atoms with Gasteiger partial charge in [-0.25, -0.2) is 0 Å². The van der Waals surface area contributed by atoms with Crippen LogP contribution in [0.25, 0.3) is 149 Å². The summed E-state index contributed by atoms with van der Waals surface area (Å²) in [5.74, 6) is 0. The minimum absolute atomic E-state index is 1.23. The summed E-state index contributed by atoms with van der Waals surface area (Å²) in [4.78, 5) is 0. The molecule has 0 aliphatic carbocycles. The van der Waals surface area contributed by atoms with Crippen molar-refractivity contribution in [2.75, 3.05) is 0 Å². The molecule has 0 amide bonds. The lowest BCUT2D eigenvalue weighted by Gasteiger charge is -2.14. The first-order valence-corrected chi connectivity index (χ1v) is 23.7. The lowest BCUT2D eigenvalue weighted by molar-refractivity contribution is 1.62. The molecule has 0 aliphatic rings. The number of thiophene rings is 2. The summed E-state index contributed by atoms with van der Waals surface area (Å²) in [6.07, 6.45) is 0. The Bertz CT molecular complexity index is 4110. The summed E-state index contributed by atoms with van der Waals surface area (Å²) in [6, 6.07) is 78.1. The molecule has 0 spiro atoms. The van der Waals surface area contributed by atoms with Gasteiger partial charge >= 0.3 is 0 Å². The highest BCUT2D eigenvalue weighted by Gasteiger charge is 2.17. The van der Waals surface area contributed by atoms with Crippen molar-refractivity contribution in [2.45, 2.75) is 0 Å². The van der Waals surface area contributed by atoms with E-state index in [4.69, 9.17) is 0 Å². The van der Waals surface area contributed by atoms with Gasteiger partial charge in [0.15, 0.2) is 0 Å². The van der Waals surface area contributed by atoms with Gasteiger partial charge in [-0.15, -0.1) is 22.7 Å². The number of hydrogen-bond acceptors (Lipinski definition) is 2. The van der Waals surface area contributed by atoms with Crippen molar-refractivity contribution in [2.24, 2.45) is 0 Å². The van der Waals surface area contributed by atoms with Crippen molar-refractivity contribution < 1.29 is 0 Å². The van der Waals surface area contributed by atoms with Crippen LogP contribution in [-0.2, 0) is 0 Å². The Balaban J connectivity index is 0.816. The van der Waals surface area contributed by atoms with Crippen LogP contribution < -0.4 is 0 Å². The highest BCUT2D eigenvalue weighted by molar-refractivity contribution is 7.26. The summed E-state index contributed by atoms with van der Waals surface area (Å²) in [5.41, 5.74) is 10.0. The second kappa shape index (κ2) is 13.0. The molecule has 64 heavy (non-hydrogen) atoms. The molecule has 294 valence electrons. The summed E-state index contributed by atoms with van der Waals surface area (Å²) < 4.78 is 5.28. The minimum atomic E-state index is 1.23. The maximum Gasteiger partial charge on any atom is 0.0355 e. The first kappa shape index (κ1) is 34.9. The van der Waals surface area contributed by atoms with E-state index in [0.717, 1.165) is 0 Å². The molecule has 0 saturated carbocycles. The molecule has 2 heterocycles. The predicted octanol–water partition coefficient (Wildman–Crippen LogP) is 18.9. The van der Waals surface area contributed by atoms with E-state index < -0.39 is 0 Å². The lowest BCUT2D eigenvalue weighted by Crippen LogP contribution is -1.87. The van der Waals surface area contributed by atoms with Gasteiger partial charge in [-0.1, -0.05) is 152 Å². The molecule has 13 aromatic carbocycles. The standard InChI is InChI=1S/C62H34S2/c1-4-35-10-12-39-14-22-47(49-24-16-37(6-1)59(35)61(39)49)45-20-28-57-53(33-45)51-31-43(18-26-55(51)63-57)41-8-3-9-42(30-41)44-19-27-56-52(32-44)54-34-46(21-29-58(54)64-56)48-23-15-40-13-11-36-5-2-7-38-17-25-50(48)62(40)60(36)38/h1-34H. The fourth-order valence-corrected chi connectivity index (χ4v) is 13.2. The average Bonchev–Trinajstić information content (AvgIpc) is 3.91. The SMILES string of the molecule is c1cc(-c2ccc3sc4ccc(-c5ccc6ccc7cccc8ccc5c6c78)cc4c3c2)cc(-c2ccc3sc4ccc(-c5ccc6ccc7cccc8ccc5c6c78)cc4c3c2)c1. The van der Waals surface area contributed by atoms with Crippen molar-refractivity contribution in [1.82, 2.24) is 0 Å². The highest BCUT2D eigenvalue weighted by Crippen LogP contribution is 2.45. The van der Waals surface area contributed by atoms with Gasteiger partial charge in [0, 0.05) is 40.3 Å². The Hall–Kier alpha value is -7.62. The van der Waals surface area contributed by atoms with Gasteiger partial charge in [0.2, 0.25) is 0 Å². The van der Waals surface area contributed by atoms with Crippen molar-refractivity contribution in [3.8, 4) is 44.5 Å². The zero-order valence-corrected chi connectivity index (χ0v) is 36.1. The van der Waals surface area contributed by atoms with E-state index in [1.807, 2.05) is 22.7 Å². The largest absolute Gasteiger partial charge is 0.135 e. The lowest BCUT2D eigenvalue weighted by atomic mass is 9.89. The summed E-state index contributed by atoms with van der Waals surface area (Å²) in [7, 11) is 0. The third-order valence-electron chi connectivity index (χ3n) is 14.1. The maximum absolute atomic E-state index is 2.43. The summed E-state index contributed by atoms with van der Waals surface area (Å²) >= 11 is 3.77. The quantitative estimate of drug-likeness (QED) is 0.155. The van der Waals surface area contributed by atoms with Crippen LogP contribution in [0.15, 0.2) is 206 Å². The van der Waals surface area contributed by atoms with E-state index in [9.17, 15) is 0 Å². The highest BCUT2D eigenvalue weighted by atomic mass is 32.1. The molecule has 15 rings (SSSR count). The molecule has 15 aromatic rings. The molecule has 0 nitrogen and oxygen atoms in total. The van der Waals surface area contributed by atoms with Gasteiger partial charge in [0.1, 0.15) is 0 Å². The smallest absolute Gasteiger partial charge is 0.0355 e. The molecule has 0 saturated heterocycles. The number of benzene rings is 13. The van der Waals surface area contributed by atoms with Gasteiger partial charge in [0.25, 0.3) is 0 Å². The van der Waals surface area contributed by atoms with Crippen molar-refractivity contribution in [3.05, 3.63) is 206 Å². The third kappa shape index (κ3) is 4.98. The first-order valence-electron chi connectivity index (χ1n) is 22.0. The molecule has 2 heteroatoms. The Morgan fingerprint density at radius 2 is 0.516 bits per heavy atom. The number of hydrogen-bond donors (Lipinski definition) is 0. The second-order valence-electron chi connectivity index (χ2n) is 17.6. The van der Waals surface area contributed by atoms with Crippen LogP contribution >= 0.6 is 22.7 Å². The van der Waals surface area contributed by atoms with Crippen molar-refractivity contribution in [1.29, 1.82) is 0 Å². The fraction of sp³-hybridized carbons (Fsp3) is 0. The van der Waals surface area contributed by atoms with E-state index in [1.54, 1.807) is 0 Å². The van der Waals surface area contributed by atoms with E-state index in [1.165, 1.54) is 149 Å². The average molecular weight is 843 g/mol. The van der Waals surface area contributed by atoms with Crippen LogP contribution in [0.2, 0.25) is 0 Å². The molecule has 0 bridgehead atoms. The molecule has 2 aromatic heterocycles. The monoisotopic (exact) mass is 842 g/mol. The maximum atomic E-state index is 2.43. The molecule has 0 aliphatic heterocycles. The van der Waals surface area contributed by atoms with E-state index >= 15 is 0 Å². The summed E-state index contributed by atoms with van der Waals surface area (Å²) in [6.45, 7) is 0. The van der Waals surface area contributed by atoms with Crippen LogP contribution in [0.3, 0.4) is 0 Å². The second-order valence-corrected chi connectivity index (χ2v) is 19.7. The fourth-order valence-electron chi connectivity index (χ4n) is 11.1. The zero-order chi connectivity index (χ0) is 41.6. The van der Waals surface area contributed by atoms with Gasteiger partial charge in [-0.2, -0.15) is 0 Å². The zero-order valence-electron chi connectivity index (χ0n) is 34.4. The molecule has 0 N–H and O–H groups in total. The molecule has 0 unspecified atom stereocenters. The molecule has 0 fully saturated rings.